The summed E-state index contributed by atoms with van der Waals surface area (Å²) in [6, 6.07) is 9.85. The fraction of sp³-hybridized carbons (Fsp3) is 0.154. The molecular formula is C13H10ClN. The summed E-state index contributed by atoms with van der Waals surface area (Å²) in [5, 5.41) is 9.77. The van der Waals surface area contributed by atoms with Crippen LogP contribution in [0.2, 0.25) is 5.02 Å². The van der Waals surface area contributed by atoms with Crippen LogP contribution in [0, 0.1) is 11.3 Å². The van der Waals surface area contributed by atoms with E-state index in [9.17, 15) is 0 Å². The van der Waals surface area contributed by atoms with E-state index in [1.54, 1.807) is 0 Å². The molecule has 0 spiro atoms. The van der Waals surface area contributed by atoms with Crippen molar-refractivity contribution in [2.45, 2.75) is 13.3 Å². The molecule has 0 aromatic heterocycles. The molecule has 0 N–H and O–H groups in total. The molecular weight excluding hydrogens is 206 g/mol. The molecule has 1 aromatic rings. The van der Waals surface area contributed by atoms with Gasteiger partial charge in [0.1, 0.15) is 0 Å². The Hall–Kier alpha value is -1.52. The van der Waals surface area contributed by atoms with E-state index in [1.807, 2.05) is 31.2 Å². The van der Waals surface area contributed by atoms with Crippen LogP contribution in [0.15, 0.2) is 41.5 Å². The predicted molar refractivity (Wildman–Crippen MR) is 62.4 cm³/mol. The Morgan fingerprint density at radius 2 is 1.93 bits per heavy atom. The van der Waals surface area contributed by atoms with Crippen LogP contribution in [-0.4, -0.2) is 0 Å². The standard InChI is InChI=1S/C13H10ClN/c1-9-2-7-12(13(9)8-15)10-3-5-11(14)6-4-10/h3-7H,2H2,1H3. The van der Waals surface area contributed by atoms with E-state index in [0.717, 1.165) is 33.7 Å². The Balaban J connectivity index is 2.43. The predicted octanol–water partition coefficient (Wildman–Crippen LogP) is 3.97. The number of benzene rings is 1. The molecule has 1 aliphatic rings. The van der Waals surface area contributed by atoms with Crippen LogP contribution in [-0.2, 0) is 0 Å². The van der Waals surface area contributed by atoms with Gasteiger partial charge in [-0.2, -0.15) is 5.26 Å². The molecule has 0 heterocycles. The fourth-order valence-corrected chi connectivity index (χ4v) is 1.86. The van der Waals surface area contributed by atoms with E-state index >= 15 is 0 Å². The second-order valence-electron chi connectivity index (χ2n) is 3.60. The van der Waals surface area contributed by atoms with Crippen LogP contribution >= 0.6 is 11.6 Å². The quantitative estimate of drug-likeness (QED) is 0.696. The van der Waals surface area contributed by atoms with Gasteiger partial charge in [0.05, 0.1) is 11.6 Å². The van der Waals surface area contributed by atoms with Gasteiger partial charge in [-0.3, -0.25) is 0 Å². The summed E-state index contributed by atoms with van der Waals surface area (Å²) < 4.78 is 0. The largest absolute Gasteiger partial charge is 0.192 e. The average Bonchev–Trinajstić information content (AvgIpc) is 2.61. The summed E-state index contributed by atoms with van der Waals surface area (Å²) in [7, 11) is 0. The van der Waals surface area contributed by atoms with Gasteiger partial charge in [0.2, 0.25) is 0 Å². The lowest BCUT2D eigenvalue weighted by Gasteiger charge is -2.03. The van der Waals surface area contributed by atoms with E-state index in [0.29, 0.717) is 0 Å². The van der Waals surface area contributed by atoms with E-state index < -0.39 is 0 Å². The first-order valence-corrected chi connectivity index (χ1v) is 5.16. The zero-order chi connectivity index (χ0) is 10.8. The van der Waals surface area contributed by atoms with Gasteiger partial charge in [-0.15, -0.1) is 0 Å². The molecule has 0 bridgehead atoms. The van der Waals surface area contributed by atoms with Crippen LogP contribution in [0.3, 0.4) is 0 Å². The van der Waals surface area contributed by atoms with Gasteiger partial charge in [-0.05, 0) is 36.6 Å². The van der Waals surface area contributed by atoms with Crippen molar-refractivity contribution >= 4 is 17.2 Å². The number of hydrogen-bond donors (Lipinski definition) is 0. The topological polar surface area (TPSA) is 23.8 Å². The summed E-state index contributed by atoms with van der Waals surface area (Å²) in [5.41, 5.74) is 4.04. The Morgan fingerprint density at radius 3 is 2.53 bits per heavy atom. The average molecular weight is 216 g/mol. The Kier molecular flexibility index (Phi) is 2.62. The third-order valence-corrected chi connectivity index (χ3v) is 2.83. The van der Waals surface area contributed by atoms with Gasteiger partial charge in [0.15, 0.2) is 0 Å². The monoisotopic (exact) mass is 215 g/mol. The summed E-state index contributed by atoms with van der Waals surface area (Å²) in [5.74, 6) is 0. The van der Waals surface area contributed by atoms with Crippen molar-refractivity contribution in [3.8, 4) is 6.07 Å². The van der Waals surface area contributed by atoms with Crippen LogP contribution in [0.5, 0.6) is 0 Å². The molecule has 0 radical (unpaired) electrons. The molecule has 0 saturated heterocycles. The van der Waals surface area contributed by atoms with Crippen molar-refractivity contribution in [1.82, 2.24) is 0 Å². The lowest BCUT2D eigenvalue weighted by Crippen LogP contribution is -1.85. The van der Waals surface area contributed by atoms with Crippen LogP contribution in [0.25, 0.3) is 5.57 Å². The molecule has 1 aromatic carbocycles. The molecule has 74 valence electrons. The van der Waals surface area contributed by atoms with Crippen LogP contribution < -0.4 is 0 Å². The molecule has 0 saturated carbocycles. The minimum absolute atomic E-state index is 0.719. The van der Waals surface area contributed by atoms with Gasteiger partial charge < -0.3 is 0 Å². The second-order valence-corrected chi connectivity index (χ2v) is 4.03. The number of allylic oxidation sites excluding steroid dienone is 4. The minimum Gasteiger partial charge on any atom is -0.192 e. The van der Waals surface area contributed by atoms with Gasteiger partial charge in [-0.25, -0.2) is 0 Å². The summed E-state index contributed by atoms with van der Waals surface area (Å²) >= 11 is 5.82. The third kappa shape index (κ3) is 1.82. The number of rotatable bonds is 1. The zero-order valence-electron chi connectivity index (χ0n) is 8.42. The summed E-state index contributed by atoms with van der Waals surface area (Å²) in [4.78, 5) is 0. The molecule has 2 heteroatoms. The lowest BCUT2D eigenvalue weighted by molar-refractivity contribution is 1.24. The molecule has 1 nitrogen and oxygen atoms in total. The highest BCUT2D eigenvalue weighted by molar-refractivity contribution is 6.30. The maximum atomic E-state index is 9.05. The van der Waals surface area contributed by atoms with Crippen molar-refractivity contribution in [2.75, 3.05) is 0 Å². The highest BCUT2D eigenvalue weighted by Crippen LogP contribution is 2.33. The van der Waals surface area contributed by atoms with Gasteiger partial charge in [0, 0.05) is 5.02 Å². The number of nitriles is 1. The first kappa shape index (κ1) is 10.0. The molecule has 0 amide bonds. The maximum Gasteiger partial charge on any atom is 0.0997 e. The molecule has 0 unspecified atom stereocenters. The third-order valence-electron chi connectivity index (χ3n) is 2.58. The second kappa shape index (κ2) is 3.92. The number of hydrogen-bond acceptors (Lipinski definition) is 1. The van der Waals surface area contributed by atoms with E-state index in [4.69, 9.17) is 16.9 Å². The van der Waals surface area contributed by atoms with Crippen molar-refractivity contribution < 1.29 is 0 Å². The van der Waals surface area contributed by atoms with Crippen molar-refractivity contribution in [3.63, 3.8) is 0 Å². The first-order chi connectivity index (χ1) is 7.22. The molecule has 0 atom stereocenters. The highest BCUT2D eigenvalue weighted by atomic mass is 35.5. The van der Waals surface area contributed by atoms with E-state index in [1.165, 1.54) is 0 Å². The highest BCUT2D eigenvalue weighted by Gasteiger charge is 2.15. The molecule has 2 rings (SSSR count). The zero-order valence-corrected chi connectivity index (χ0v) is 9.17. The van der Waals surface area contributed by atoms with Crippen LogP contribution in [0.4, 0.5) is 0 Å². The first-order valence-electron chi connectivity index (χ1n) is 4.78. The van der Waals surface area contributed by atoms with E-state index in [2.05, 4.69) is 12.1 Å². The Labute approximate surface area is 94.3 Å². The van der Waals surface area contributed by atoms with Gasteiger partial charge in [-0.1, -0.05) is 35.4 Å². The lowest BCUT2D eigenvalue weighted by atomic mass is 10.0. The summed E-state index contributed by atoms with van der Waals surface area (Å²) in [6.07, 6.45) is 2.97. The Bertz CT molecular complexity index is 486. The molecule has 15 heavy (non-hydrogen) atoms. The van der Waals surface area contributed by atoms with Gasteiger partial charge in [0.25, 0.3) is 0 Å². The number of halogens is 1. The van der Waals surface area contributed by atoms with Crippen molar-refractivity contribution in [3.05, 3.63) is 52.1 Å². The minimum atomic E-state index is 0.719. The van der Waals surface area contributed by atoms with E-state index in [-0.39, 0.29) is 0 Å². The summed E-state index contributed by atoms with van der Waals surface area (Å²) in [6.45, 7) is 2.00. The molecule has 1 aliphatic carbocycles. The van der Waals surface area contributed by atoms with Crippen LogP contribution in [0.1, 0.15) is 18.9 Å². The fourth-order valence-electron chi connectivity index (χ4n) is 1.74. The smallest absolute Gasteiger partial charge is 0.0997 e. The normalized spacial score (nSPS) is 15.1. The number of nitrogens with zero attached hydrogens (tertiary/aromatic N) is 1. The molecule has 0 aliphatic heterocycles. The van der Waals surface area contributed by atoms with Crippen molar-refractivity contribution in [1.29, 1.82) is 5.26 Å². The Morgan fingerprint density at radius 1 is 1.27 bits per heavy atom. The molecule has 0 fully saturated rings. The SMILES string of the molecule is CC1=C(C#N)C(c2ccc(Cl)cc2)=CC1. The van der Waals surface area contributed by atoms with Crippen molar-refractivity contribution in [2.24, 2.45) is 0 Å². The maximum absolute atomic E-state index is 9.05. The van der Waals surface area contributed by atoms with Gasteiger partial charge >= 0.3 is 0 Å².